The molecule has 0 aliphatic rings. The van der Waals surface area contributed by atoms with Gasteiger partial charge in [0.15, 0.2) is 0 Å². The third-order valence-electron chi connectivity index (χ3n) is 4.44. The zero-order chi connectivity index (χ0) is 25.2. The first kappa shape index (κ1) is 27.8. The normalized spacial score (nSPS) is 16.4. The fraction of sp³-hybridized carbons (Fsp3) is 0.556. The summed E-state index contributed by atoms with van der Waals surface area (Å²) in [5.41, 5.74) is -2.09. The van der Waals surface area contributed by atoms with Gasteiger partial charge in [0, 0.05) is 0 Å². The van der Waals surface area contributed by atoms with E-state index in [1.54, 1.807) is 0 Å². The van der Waals surface area contributed by atoms with E-state index in [0.29, 0.717) is 0 Å². The Bertz CT molecular complexity index is 916. The van der Waals surface area contributed by atoms with Gasteiger partial charge in [-0.3, -0.25) is 9.59 Å². The molecule has 0 spiro atoms. The maximum Gasteiger partial charge on any atom is 0.392 e. The van der Waals surface area contributed by atoms with Crippen LogP contribution in [0, 0.1) is 35.0 Å². The quantitative estimate of drug-likeness (QED) is 0.149. The van der Waals surface area contributed by atoms with Gasteiger partial charge in [0.1, 0.15) is 11.6 Å². The number of aliphatic carboxylic acids is 1. The molecule has 2 unspecified atom stereocenters. The molecule has 1 aromatic carbocycles. The summed E-state index contributed by atoms with van der Waals surface area (Å²) in [5, 5.41) is 13.6. The zero-order valence-corrected chi connectivity index (χ0v) is 19.0. The SMILES string of the molecule is CC(C)OC(=O)[C@H](C)NP(=O)(NC(C)(C(=O)O)C(C)C)Oc1c(F)c(F)c(F)c(F)c1F. The van der Waals surface area contributed by atoms with Crippen LogP contribution in [0.4, 0.5) is 22.0 Å². The van der Waals surface area contributed by atoms with Crippen LogP contribution >= 0.6 is 7.67 Å². The molecule has 0 aromatic heterocycles. The number of benzene rings is 1. The molecule has 0 heterocycles. The Morgan fingerprint density at radius 3 is 1.75 bits per heavy atom. The number of hydrogen-bond donors (Lipinski definition) is 3. The molecule has 0 aliphatic heterocycles. The molecular weight excluding hydrogens is 466 g/mol. The summed E-state index contributed by atoms with van der Waals surface area (Å²) in [6, 6.07) is -1.51. The van der Waals surface area contributed by atoms with E-state index in [1.165, 1.54) is 27.7 Å². The summed E-state index contributed by atoms with van der Waals surface area (Å²) in [4.78, 5) is 23.8. The fourth-order valence-corrected chi connectivity index (χ4v) is 4.41. The van der Waals surface area contributed by atoms with Gasteiger partial charge in [-0.1, -0.05) is 13.8 Å². The molecule has 0 fully saturated rings. The average Bonchev–Trinajstić information content (AvgIpc) is 2.67. The Labute approximate surface area is 181 Å². The smallest absolute Gasteiger partial charge is 0.392 e. The van der Waals surface area contributed by atoms with Crippen LogP contribution in [-0.2, 0) is 18.9 Å². The number of rotatable bonds is 10. The maximum atomic E-state index is 14.1. The summed E-state index contributed by atoms with van der Waals surface area (Å²) < 4.78 is 91.7. The van der Waals surface area contributed by atoms with Crippen molar-refractivity contribution >= 4 is 19.6 Å². The lowest BCUT2D eigenvalue weighted by Gasteiger charge is -2.35. The zero-order valence-electron chi connectivity index (χ0n) is 18.1. The highest BCUT2D eigenvalue weighted by Crippen LogP contribution is 2.46. The van der Waals surface area contributed by atoms with Gasteiger partial charge in [0.25, 0.3) is 0 Å². The molecule has 3 N–H and O–H groups in total. The van der Waals surface area contributed by atoms with Gasteiger partial charge in [0.05, 0.1) is 6.10 Å². The highest BCUT2D eigenvalue weighted by atomic mass is 31.2. The number of ether oxygens (including phenoxy) is 1. The van der Waals surface area contributed by atoms with Gasteiger partial charge in [-0.05, 0) is 33.6 Å². The van der Waals surface area contributed by atoms with Gasteiger partial charge in [-0.15, -0.1) is 0 Å². The maximum absolute atomic E-state index is 14.1. The minimum atomic E-state index is -5.05. The molecule has 0 radical (unpaired) electrons. The van der Waals surface area contributed by atoms with Gasteiger partial charge < -0.3 is 14.4 Å². The summed E-state index contributed by atoms with van der Waals surface area (Å²) in [7, 11) is -5.05. The Balaban J connectivity index is 3.56. The van der Waals surface area contributed by atoms with Crippen LogP contribution in [-0.4, -0.2) is 34.7 Å². The van der Waals surface area contributed by atoms with E-state index in [-0.39, 0.29) is 0 Å². The van der Waals surface area contributed by atoms with E-state index < -0.39 is 78.0 Å². The molecule has 1 aromatic rings. The Hall–Kier alpha value is -2.24. The Morgan fingerprint density at radius 1 is 0.938 bits per heavy atom. The number of esters is 1. The first-order valence-corrected chi connectivity index (χ1v) is 10.9. The number of carbonyl (C=O) groups excluding carboxylic acids is 1. The van der Waals surface area contributed by atoms with Crippen molar-refractivity contribution in [2.24, 2.45) is 5.92 Å². The molecule has 3 atom stereocenters. The van der Waals surface area contributed by atoms with Gasteiger partial charge in [-0.25, -0.2) is 27.9 Å². The number of carboxylic acids is 1. The topological polar surface area (TPSA) is 114 Å². The molecule has 0 saturated heterocycles. The lowest BCUT2D eigenvalue weighted by molar-refractivity contribution is -0.149. The first-order chi connectivity index (χ1) is 14.5. The van der Waals surface area contributed by atoms with Crippen LogP contribution in [0.5, 0.6) is 5.75 Å². The number of nitrogens with one attached hydrogen (secondary N) is 2. The van der Waals surface area contributed by atoms with Crippen molar-refractivity contribution in [2.45, 2.75) is 59.2 Å². The summed E-state index contributed by atoms with van der Waals surface area (Å²) in [6.45, 7) is 7.92. The largest absolute Gasteiger partial charge is 0.480 e. The summed E-state index contributed by atoms with van der Waals surface area (Å²) in [6.07, 6.45) is -0.616. The van der Waals surface area contributed by atoms with Crippen molar-refractivity contribution in [1.82, 2.24) is 10.2 Å². The molecule has 0 saturated carbocycles. The fourth-order valence-electron chi connectivity index (χ4n) is 2.25. The number of halogens is 5. The molecule has 32 heavy (non-hydrogen) atoms. The van der Waals surface area contributed by atoms with E-state index >= 15 is 0 Å². The van der Waals surface area contributed by atoms with Crippen LogP contribution in [0.25, 0.3) is 0 Å². The number of hydrogen-bond acceptors (Lipinski definition) is 5. The first-order valence-electron chi connectivity index (χ1n) is 9.29. The molecule has 14 heteroatoms. The van der Waals surface area contributed by atoms with Gasteiger partial charge >= 0.3 is 19.6 Å². The minimum Gasteiger partial charge on any atom is -0.480 e. The molecule has 0 bridgehead atoms. The third-order valence-corrected chi connectivity index (χ3v) is 6.36. The highest BCUT2D eigenvalue weighted by molar-refractivity contribution is 7.55. The molecule has 0 aliphatic carbocycles. The van der Waals surface area contributed by atoms with Crippen molar-refractivity contribution < 1.29 is 50.5 Å². The second-order valence-electron chi connectivity index (χ2n) is 7.65. The third kappa shape index (κ3) is 5.96. The Morgan fingerprint density at radius 2 is 1.38 bits per heavy atom. The second kappa shape index (κ2) is 10.1. The van der Waals surface area contributed by atoms with Crippen LogP contribution in [0.3, 0.4) is 0 Å². The predicted octanol–water partition coefficient (Wildman–Crippen LogP) is 3.89. The summed E-state index contributed by atoms with van der Waals surface area (Å²) in [5.74, 6) is -17.4. The highest BCUT2D eigenvalue weighted by Gasteiger charge is 2.46. The number of carbonyl (C=O) groups is 2. The van der Waals surface area contributed by atoms with E-state index in [4.69, 9.17) is 4.74 Å². The van der Waals surface area contributed by atoms with Gasteiger partial charge in [0.2, 0.25) is 34.8 Å². The second-order valence-corrected chi connectivity index (χ2v) is 9.42. The number of carboxylic acid groups (broad SMARTS) is 1. The van der Waals surface area contributed by atoms with Crippen LogP contribution in [0.2, 0.25) is 0 Å². The van der Waals surface area contributed by atoms with Crippen molar-refractivity contribution in [3.05, 3.63) is 29.1 Å². The van der Waals surface area contributed by atoms with Crippen molar-refractivity contribution in [2.75, 3.05) is 0 Å². The van der Waals surface area contributed by atoms with E-state index in [9.17, 15) is 41.2 Å². The van der Waals surface area contributed by atoms with Crippen molar-refractivity contribution in [3.8, 4) is 5.75 Å². The van der Waals surface area contributed by atoms with Crippen LogP contribution < -0.4 is 14.7 Å². The Kier molecular flexibility index (Phi) is 8.80. The minimum absolute atomic E-state index is 0.616. The molecule has 182 valence electrons. The molecule has 0 amide bonds. The van der Waals surface area contributed by atoms with Crippen LogP contribution in [0.15, 0.2) is 0 Å². The van der Waals surface area contributed by atoms with E-state index in [1.807, 2.05) is 10.2 Å². The summed E-state index contributed by atoms with van der Waals surface area (Å²) >= 11 is 0. The molecular formula is C18H24F5N2O6P. The van der Waals surface area contributed by atoms with E-state index in [0.717, 1.165) is 13.8 Å². The monoisotopic (exact) mass is 490 g/mol. The lowest BCUT2D eigenvalue weighted by Crippen LogP contribution is -2.55. The van der Waals surface area contributed by atoms with Gasteiger partial charge in [-0.2, -0.15) is 8.78 Å². The van der Waals surface area contributed by atoms with E-state index in [2.05, 4.69) is 4.52 Å². The average molecular weight is 490 g/mol. The molecule has 8 nitrogen and oxygen atoms in total. The predicted molar refractivity (Wildman–Crippen MR) is 102 cm³/mol. The van der Waals surface area contributed by atoms with Crippen molar-refractivity contribution in [1.29, 1.82) is 0 Å². The standard InChI is InChI=1S/C18H24F5N2O6P/c1-7(2)18(6,17(27)28)25-32(29,24-9(5)16(26)30-8(3)4)31-15-13(22)11(20)10(19)12(21)14(15)23/h7-9H,1-6H3,(H,27,28)(H2,24,25,29)/t9-,18?,32?/m0/s1. The lowest BCUT2D eigenvalue weighted by atomic mass is 9.90. The van der Waals surface area contributed by atoms with Crippen LogP contribution in [0.1, 0.15) is 41.5 Å². The molecule has 1 rings (SSSR count). The van der Waals surface area contributed by atoms with Crippen molar-refractivity contribution in [3.63, 3.8) is 0 Å².